The Balaban J connectivity index is 1.99. The van der Waals surface area contributed by atoms with Gasteiger partial charge in [-0.1, -0.05) is 5.16 Å². The van der Waals surface area contributed by atoms with Crippen LogP contribution in [0.1, 0.15) is 27.8 Å². The topological polar surface area (TPSA) is 106 Å². The maximum Gasteiger partial charge on any atom is 0.255 e. The van der Waals surface area contributed by atoms with E-state index in [-0.39, 0.29) is 19.1 Å². The predicted molar refractivity (Wildman–Crippen MR) is 77.3 cm³/mol. The van der Waals surface area contributed by atoms with E-state index in [0.717, 1.165) is 0 Å². The van der Waals surface area contributed by atoms with Crippen LogP contribution in [-0.2, 0) is 17.9 Å². The van der Waals surface area contributed by atoms with E-state index >= 15 is 0 Å². The first-order valence-corrected chi connectivity index (χ1v) is 6.60. The molecule has 0 aromatic carbocycles. The highest BCUT2D eigenvalue weighted by atomic mass is 16.5. The second kappa shape index (κ2) is 6.94. The summed E-state index contributed by atoms with van der Waals surface area (Å²) in [5, 5.41) is 6.44. The van der Waals surface area contributed by atoms with E-state index in [9.17, 15) is 4.79 Å². The molecule has 2 aromatic rings. The van der Waals surface area contributed by atoms with Crippen LogP contribution in [-0.4, -0.2) is 47.2 Å². The molecule has 2 rings (SSSR count). The van der Waals surface area contributed by atoms with Gasteiger partial charge in [0.05, 0.1) is 17.8 Å². The van der Waals surface area contributed by atoms with Gasteiger partial charge in [-0.3, -0.25) is 4.79 Å². The summed E-state index contributed by atoms with van der Waals surface area (Å²) in [6.07, 6.45) is 1.50. The molecule has 1 N–H and O–H groups in total. The van der Waals surface area contributed by atoms with Crippen LogP contribution in [0.15, 0.2) is 10.7 Å². The number of nitrogens with one attached hydrogen (secondary N) is 1. The summed E-state index contributed by atoms with van der Waals surface area (Å²) in [5.74, 6) is 1.00. The Hall–Kier alpha value is -2.55. The summed E-state index contributed by atoms with van der Waals surface area (Å²) in [5.41, 5.74) is 1.01. The lowest BCUT2D eigenvalue weighted by atomic mass is 10.2. The van der Waals surface area contributed by atoms with Crippen LogP contribution in [0.5, 0.6) is 0 Å². The molecule has 0 saturated heterocycles. The van der Waals surface area contributed by atoms with Crippen LogP contribution < -0.4 is 10.2 Å². The maximum atomic E-state index is 12.1. The molecule has 9 heteroatoms. The minimum absolute atomic E-state index is 0.154. The average molecular weight is 306 g/mol. The highest BCUT2D eigenvalue weighted by molar-refractivity contribution is 5.94. The molecule has 0 unspecified atom stereocenters. The number of hydrogen-bond acceptors (Lipinski definition) is 8. The van der Waals surface area contributed by atoms with Gasteiger partial charge >= 0.3 is 0 Å². The number of nitrogens with zero attached hydrogens (tertiary/aromatic N) is 5. The van der Waals surface area contributed by atoms with E-state index in [0.29, 0.717) is 28.9 Å². The smallest absolute Gasteiger partial charge is 0.255 e. The van der Waals surface area contributed by atoms with Gasteiger partial charge in [0.15, 0.2) is 5.82 Å². The van der Waals surface area contributed by atoms with E-state index in [1.165, 1.54) is 13.3 Å². The van der Waals surface area contributed by atoms with E-state index in [4.69, 9.17) is 9.26 Å². The van der Waals surface area contributed by atoms with E-state index < -0.39 is 0 Å². The molecule has 118 valence electrons. The van der Waals surface area contributed by atoms with Gasteiger partial charge < -0.3 is 19.5 Å². The van der Waals surface area contributed by atoms with Gasteiger partial charge in [-0.15, -0.1) is 0 Å². The Morgan fingerprint density at radius 3 is 2.82 bits per heavy atom. The van der Waals surface area contributed by atoms with Crippen molar-refractivity contribution >= 4 is 11.9 Å². The van der Waals surface area contributed by atoms with Crippen LogP contribution in [0.2, 0.25) is 0 Å². The predicted octanol–water partition coefficient (Wildman–Crippen LogP) is 0.310. The lowest BCUT2D eigenvalue weighted by Crippen LogP contribution is -2.25. The number of hydrogen-bond donors (Lipinski definition) is 1. The van der Waals surface area contributed by atoms with Crippen LogP contribution in [0.25, 0.3) is 0 Å². The fourth-order valence-electron chi connectivity index (χ4n) is 1.69. The molecule has 0 fully saturated rings. The second-order valence-electron chi connectivity index (χ2n) is 4.78. The van der Waals surface area contributed by atoms with Crippen LogP contribution >= 0.6 is 0 Å². The van der Waals surface area contributed by atoms with Gasteiger partial charge in [0.2, 0.25) is 5.95 Å². The molecule has 0 saturated carbocycles. The number of aromatic nitrogens is 4. The third-order valence-corrected chi connectivity index (χ3v) is 2.80. The molecule has 0 bridgehead atoms. The first-order valence-electron chi connectivity index (χ1n) is 6.60. The number of carbonyl (C=O) groups excluding carboxylic acids is 1. The summed E-state index contributed by atoms with van der Waals surface area (Å²) >= 11 is 0. The quantitative estimate of drug-likeness (QED) is 0.812. The van der Waals surface area contributed by atoms with Crippen molar-refractivity contribution in [2.24, 2.45) is 0 Å². The van der Waals surface area contributed by atoms with Crippen LogP contribution in [0, 0.1) is 6.92 Å². The van der Waals surface area contributed by atoms with Crippen molar-refractivity contribution < 1.29 is 14.1 Å². The minimum atomic E-state index is -0.291. The highest BCUT2D eigenvalue weighted by Gasteiger charge is 2.14. The van der Waals surface area contributed by atoms with Crippen molar-refractivity contribution in [2.75, 3.05) is 26.1 Å². The van der Waals surface area contributed by atoms with Crippen molar-refractivity contribution in [3.63, 3.8) is 0 Å². The summed E-state index contributed by atoms with van der Waals surface area (Å²) in [7, 11) is 5.20. The second-order valence-corrected chi connectivity index (χ2v) is 4.78. The number of rotatable bonds is 6. The molecule has 0 aliphatic rings. The number of carbonyl (C=O) groups is 1. The largest absolute Gasteiger partial charge is 0.375 e. The molecular weight excluding hydrogens is 288 g/mol. The maximum absolute atomic E-state index is 12.1. The summed E-state index contributed by atoms with van der Waals surface area (Å²) in [6, 6.07) is 0. The SMILES string of the molecule is COCc1nc(CNC(=O)c2cnc(N(C)C)nc2C)no1. The monoisotopic (exact) mass is 306 g/mol. The third-order valence-electron chi connectivity index (χ3n) is 2.80. The lowest BCUT2D eigenvalue weighted by molar-refractivity contribution is 0.0948. The fraction of sp³-hybridized carbons (Fsp3) is 0.462. The molecule has 0 aliphatic heterocycles. The van der Waals surface area contributed by atoms with Crippen molar-refractivity contribution in [2.45, 2.75) is 20.1 Å². The number of aryl methyl sites for hydroxylation is 1. The number of anilines is 1. The summed E-state index contributed by atoms with van der Waals surface area (Å²) in [4.78, 5) is 26.4. The summed E-state index contributed by atoms with van der Waals surface area (Å²) in [6.45, 7) is 2.15. The summed E-state index contributed by atoms with van der Waals surface area (Å²) < 4.78 is 9.82. The highest BCUT2D eigenvalue weighted by Crippen LogP contribution is 2.09. The van der Waals surface area contributed by atoms with Crippen molar-refractivity contribution in [1.82, 2.24) is 25.4 Å². The van der Waals surface area contributed by atoms with Gasteiger partial charge in [0.1, 0.15) is 6.61 Å². The normalized spacial score (nSPS) is 10.5. The molecule has 0 radical (unpaired) electrons. The fourth-order valence-corrected chi connectivity index (χ4v) is 1.69. The Morgan fingerprint density at radius 2 is 2.18 bits per heavy atom. The first-order chi connectivity index (χ1) is 10.5. The zero-order valence-corrected chi connectivity index (χ0v) is 13.0. The zero-order valence-electron chi connectivity index (χ0n) is 13.0. The van der Waals surface area contributed by atoms with E-state index in [1.54, 1.807) is 11.8 Å². The van der Waals surface area contributed by atoms with Gasteiger partial charge in [0.25, 0.3) is 11.8 Å². The molecule has 0 spiro atoms. The molecule has 2 heterocycles. The van der Waals surface area contributed by atoms with Crippen LogP contribution in [0.3, 0.4) is 0 Å². The molecule has 0 atom stereocenters. The molecule has 22 heavy (non-hydrogen) atoms. The third kappa shape index (κ3) is 3.76. The standard InChI is InChI=1S/C13H18N6O3/c1-8-9(5-15-13(16-8)19(2)3)12(20)14-6-10-17-11(7-21-4)22-18-10/h5H,6-7H2,1-4H3,(H,14,20). The Labute approximate surface area is 127 Å². The lowest BCUT2D eigenvalue weighted by Gasteiger charge is -2.12. The van der Waals surface area contributed by atoms with Gasteiger partial charge in [-0.2, -0.15) is 4.98 Å². The van der Waals surface area contributed by atoms with Crippen molar-refractivity contribution in [3.8, 4) is 0 Å². The molecule has 9 nitrogen and oxygen atoms in total. The molecule has 2 aromatic heterocycles. The van der Waals surface area contributed by atoms with Gasteiger partial charge in [0, 0.05) is 27.4 Å². The van der Waals surface area contributed by atoms with Gasteiger partial charge in [-0.25, -0.2) is 9.97 Å². The van der Waals surface area contributed by atoms with Crippen molar-refractivity contribution in [1.29, 1.82) is 0 Å². The van der Waals surface area contributed by atoms with Crippen molar-refractivity contribution in [3.05, 3.63) is 29.2 Å². The van der Waals surface area contributed by atoms with Crippen LogP contribution in [0.4, 0.5) is 5.95 Å². The van der Waals surface area contributed by atoms with E-state index in [2.05, 4.69) is 25.4 Å². The van der Waals surface area contributed by atoms with E-state index in [1.807, 2.05) is 14.1 Å². The Kier molecular flexibility index (Phi) is 4.99. The average Bonchev–Trinajstić information content (AvgIpc) is 2.92. The Morgan fingerprint density at radius 1 is 1.41 bits per heavy atom. The number of methoxy groups -OCH3 is 1. The molecule has 1 amide bonds. The first kappa shape index (κ1) is 15.8. The number of ether oxygens (including phenoxy) is 1. The Bertz CT molecular complexity index is 655. The minimum Gasteiger partial charge on any atom is -0.375 e. The molecule has 0 aliphatic carbocycles. The number of amides is 1. The molecular formula is C13H18N6O3. The van der Waals surface area contributed by atoms with Gasteiger partial charge in [-0.05, 0) is 6.92 Å². The zero-order chi connectivity index (χ0) is 16.1.